The summed E-state index contributed by atoms with van der Waals surface area (Å²) in [5.74, 6) is 1.51. The van der Waals surface area contributed by atoms with E-state index in [0.29, 0.717) is 0 Å². The van der Waals surface area contributed by atoms with E-state index in [1.165, 1.54) is 5.56 Å². The zero-order valence-electron chi connectivity index (χ0n) is 10.4. The Bertz CT molecular complexity index is 353. The highest BCUT2D eigenvalue weighted by Gasteiger charge is 2.03. The first-order valence-electron chi connectivity index (χ1n) is 5.69. The van der Waals surface area contributed by atoms with Crippen molar-refractivity contribution in [2.45, 2.75) is 19.3 Å². The van der Waals surface area contributed by atoms with E-state index < -0.39 is 0 Å². The monoisotopic (exact) mass is 237 g/mol. The predicted molar refractivity (Wildman–Crippen MR) is 66.6 cm³/mol. The first-order chi connectivity index (χ1) is 8.31. The zero-order valence-corrected chi connectivity index (χ0v) is 10.4. The molecule has 4 nitrogen and oxygen atoms in total. The number of carbonyl (C=O) groups excluding carboxylic acids is 1. The van der Waals surface area contributed by atoms with E-state index in [0.717, 1.165) is 43.7 Å². The van der Waals surface area contributed by atoms with Crippen molar-refractivity contribution >= 4 is 6.41 Å². The SMILES string of the molecule is COc1ccc(CCCCNC=O)cc1OC. The van der Waals surface area contributed by atoms with Crippen molar-refractivity contribution in [3.8, 4) is 11.5 Å². The second-order valence-corrected chi connectivity index (χ2v) is 3.72. The highest BCUT2D eigenvalue weighted by molar-refractivity contribution is 5.45. The molecular weight excluding hydrogens is 218 g/mol. The molecule has 0 aliphatic carbocycles. The van der Waals surface area contributed by atoms with Crippen LogP contribution in [0.4, 0.5) is 0 Å². The summed E-state index contributed by atoms with van der Waals surface area (Å²) in [6, 6.07) is 5.94. The van der Waals surface area contributed by atoms with Gasteiger partial charge < -0.3 is 14.8 Å². The standard InChI is InChI=1S/C13H19NO3/c1-16-12-7-6-11(9-13(12)17-2)5-3-4-8-14-10-15/h6-7,9-10H,3-5,8H2,1-2H3,(H,14,15). The van der Waals surface area contributed by atoms with Crippen LogP contribution in [0.2, 0.25) is 0 Å². The topological polar surface area (TPSA) is 47.6 Å². The predicted octanol–water partition coefficient (Wildman–Crippen LogP) is 1.77. The summed E-state index contributed by atoms with van der Waals surface area (Å²) >= 11 is 0. The number of unbranched alkanes of at least 4 members (excludes halogenated alkanes) is 1. The highest BCUT2D eigenvalue weighted by atomic mass is 16.5. The minimum atomic E-state index is 0.733. The van der Waals surface area contributed by atoms with Gasteiger partial charge in [0.1, 0.15) is 0 Å². The summed E-state index contributed by atoms with van der Waals surface area (Å²) in [4.78, 5) is 10.1. The summed E-state index contributed by atoms with van der Waals surface area (Å²) in [7, 11) is 3.26. The normalized spacial score (nSPS) is 9.76. The number of benzene rings is 1. The Morgan fingerprint density at radius 1 is 1.18 bits per heavy atom. The molecule has 0 saturated carbocycles. The first-order valence-corrected chi connectivity index (χ1v) is 5.69. The van der Waals surface area contributed by atoms with Crippen LogP contribution < -0.4 is 14.8 Å². The summed E-state index contributed by atoms with van der Waals surface area (Å²) < 4.78 is 10.4. The highest BCUT2D eigenvalue weighted by Crippen LogP contribution is 2.27. The first kappa shape index (κ1) is 13.4. The van der Waals surface area contributed by atoms with Crippen molar-refractivity contribution < 1.29 is 14.3 Å². The van der Waals surface area contributed by atoms with Crippen LogP contribution >= 0.6 is 0 Å². The van der Waals surface area contributed by atoms with Crippen LogP contribution in [-0.4, -0.2) is 27.2 Å². The second kappa shape index (κ2) is 7.54. The number of methoxy groups -OCH3 is 2. The third kappa shape index (κ3) is 4.34. The van der Waals surface area contributed by atoms with E-state index in [4.69, 9.17) is 9.47 Å². The van der Waals surface area contributed by atoms with Gasteiger partial charge in [-0.3, -0.25) is 4.79 Å². The Hall–Kier alpha value is -1.71. The number of nitrogens with one attached hydrogen (secondary N) is 1. The molecule has 0 aliphatic rings. The molecular formula is C13H19NO3. The van der Waals surface area contributed by atoms with Crippen molar-refractivity contribution in [3.63, 3.8) is 0 Å². The molecule has 0 unspecified atom stereocenters. The number of hydrogen-bond acceptors (Lipinski definition) is 3. The zero-order chi connectivity index (χ0) is 12.5. The molecule has 1 amide bonds. The Labute approximate surface area is 102 Å². The molecule has 1 N–H and O–H groups in total. The second-order valence-electron chi connectivity index (χ2n) is 3.72. The van der Waals surface area contributed by atoms with Crippen molar-refractivity contribution in [3.05, 3.63) is 23.8 Å². The van der Waals surface area contributed by atoms with Gasteiger partial charge in [0.05, 0.1) is 14.2 Å². The van der Waals surface area contributed by atoms with Crippen molar-refractivity contribution in [2.75, 3.05) is 20.8 Å². The van der Waals surface area contributed by atoms with Gasteiger partial charge in [-0.15, -0.1) is 0 Å². The fourth-order valence-corrected chi connectivity index (χ4v) is 1.65. The van der Waals surface area contributed by atoms with Gasteiger partial charge in [0, 0.05) is 6.54 Å². The van der Waals surface area contributed by atoms with E-state index in [2.05, 4.69) is 5.32 Å². The van der Waals surface area contributed by atoms with Crippen molar-refractivity contribution in [2.24, 2.45) is 0 Å². The largest absolute Gasteiger partial charge is 0.493 e. The third-order valence-electron chi connectivity index (χ3n) is 2.57. The lowest BCUT2D eigenvalue weighted by atomic mass is 10.1. The summed E-state index contributed by atoms with van der Waals surface area (Å²) in [5, 5.41) is 2.65. The van der Waals surface area contributed by atoms with Crippen LogP contribution in [-0.2, 0) is 11.2 Å². The van der Waals surface area contributed by atoms with Crippen LogP contribution in [0.25, 0.3) is 0 Å². The molecule has 0 bridgehead atoms. The molecule has 0 saturated heterocycles. The molecule has 17 heavy (non-hydrogen) atoms. The number of carbonyl (C=O) groups is 1. The van der Waals surface area contributed by atoms with Crippen LogP contribution in [0, 0.1) is 0 Å². The van der Waals surface area contributed by atoms with Gasteiger partial charge in [-0.1, -0.05) is 6.07 Å². The van der Waals surface area contributed by atoms with Crippen LogP contribution in [0.3, 0.4) is 0 Å². The fourth-order valence-electron chi connectivity index (χ4n) is 1.65. The maximum Gasteiger partial charge on any atom is 0.207 e. The molecule has 0 fully saturated rings. The minimum absolute atomic E-state index is 0.733. The number of rotatable bonds is 8. The lowest BCUT2D eigenvalue weighted by Gasteiger charge is -2.09. The Kier molecular flexibility index (Phi) is 5.93. The van der Waals surface area contributed by atoms with Crippen LogP contribution in [0.15, 0.2) is 18.2 Å². The Balaban J connectivity index is 2.45. The summed E-state index contributed by atoms with van der Waals surface area (Å²) in [6.45, 7) is 0.733. The van der Waals surface area contributed by atoms with E-state index in [9.17, 15) is 4.79 Å². The van der Waals surface area contributed by atoms with Gasteiger partial charge in [0.15, 0.2) is 11.5 Å². The summed E-state index contributed by atoms with van der Waals surface area (Å²) in [5.41, 5.74) is 1.22. The average molecular weight is 237 g/mol. The molecule has 0 aliphatic heterocycles. The lowest BCUT2D eigenvalue weighted by Crippen LogP contribution is -2.11. The van der Waals surface area contributed by atoms with Gasteiger partial charge in [-0.2, -0.15) is 0 Å². The van der Waals surface area contributed by atoms with Gasteiger partial charge in [0.25, 0.3) is 0 Å². The average Bonchev–Trinajstić information content (AvgIpc) is 2.38. The molecule has 1 rings (SSSR count). The molecule has 0 heterocycles. The van der Waals surface area contributed by atoms with Crippen LogP contribution in [0.1, 0.15) is 18.4 Å². The number of hydrogen-bond donors (Lipinski definition) is 1. The van der Waals surface area contributed by atoms with Crippen molar-refractivity contribution in [1.82, 2.24) is 5.32 Å². The van der Waals surface area contributed by atoms with E-state index in [-0.39, 0.29) is 0 Å². The molecule has 4 heteroatoms. The smallest absolute Gasteiger partial charge is 0.207 e. The molecule has 1 aromatic rings. The minimum Gasteiger partial charge on any atom is -0.493 e. The molecule has 0 spiro atoms. The number of ether oxygens (including phenoxy) is 2. The lowest BCUT2D eigenvalue weighted by molar-refractivity contribution is -0.109. The van der Waals surface area contributed by atoms with E-state index >= 15 is 0 Å². The number of aryl methyl sites for hydroxylation is 1. The molecule has 0 radical (unpaired) electrons. The number of amides is 1. The Morgan fingerprint density at radius 3 is 2.59 bits per heavy atom. The van der Waals surface area contributed by atoms with Crippen LogP contribution in [0.5, 0.6) is 11.5 Å². The summed E-state index contributed by atoms with van der Waals surface area (Å²) in [6.07, 6.45) is 3.72. The van der Waals surface area contributed by atoms with Gasteiger partial charge >= 0.3 is 0 Å². The maximum absolute atomic E-state index is 10.1. The van der Waals surface area contributed by atoms with E-state index in [1.54, 1.807) is 14.2 Å². The fraction of sp³-hybridized carbons (Fsp3) is 0.462. The van der Waals surface area contributed by atoms with Gasteiger partial charge in [0.2, 0.25) is 6.41 Å². The molecule has 0 atom stereocenters. The van der Waals surface area contributed by atoms with Gasteiger partial charge in [-0.25, -0.2) is 0 Å². The maximum atomic E-state index is 10.1. The molecule has 1 aromatic carbocycles. The third-order valence-corrected chi connectivity index (χ3v) is 2.57. The quantitative estimate of drug-likeness (QED) is 0.553. The van der Waals surface area contributed by atoms with E-state index in [1.807, 2.05) is 18.2 Å². The van der Waals surface area contributed by atoms with Crippen molar-refractivity contribution in [1.29, 1.82) is 0 Å². The molecule has 94 valence electrons. The van der Waals surface area contributed by atoms with Gasteiger partial charge in [-0.05, 0) is 37.0 Å². The molecule has 0 aromatic heterocycles. The Morgan fingerprint density at radius 2 is 1.94 bits per heavy atom.